The second-order valence-corrected chi connectivity index (χ2v) is 7.46. The molecule has 17 heavy (non-hydrogen) atoms. The van der Waals surface area contributed by atoms with Crippen LogP contribution in [-0.2, 0) is 10.0 Å². The zero-order valence-electron chi connectivity index (χ0n) is 10.6. The molecule has 0 aliphatic heterocycles. The Morgan fingerprint density at radius 1 is 1.18 bits per heavy atom. The fourth-order valence-corrected chi connectivity index (χ4v) is 5.13. The van der Waals surface area contributed by atoms with Crippen LogP contribution in [0.5, 0.6) is 0 Å². The van der Waals surface area contributed by atoms with E-state index in [0.29, 0.717) is 19.0 Å². The summed E-state index contributed by atoms with van der Waals surface area (Å²) in [4.78, 5) is 0. The highest BCUT2D eigenvalue weighted by molar-refractivity contribution is 7.90. The molecule has 2 unspecified atom stereocenters. The molecule has 0 spiro atoms. The lowest BCUT2D eigenvalue weighted by Crippen LogP contribution is -2.48. The molecule has 0 saturated heterocycles. The van der Waals surface area contributed by atoms with Gasteiger partial charge in [0.2, 0.25) is 10.0 Å². The van der Waals surface area contributed by atoms with Crippen molar-refractivity contribution in [3.05, 3.63) is 0 Å². The fraction of sp³-hybridized carbons (Fsp3) is 1.00. The van der Waals surface area contributed by atoms with Crippen LogP contribution in [0.4, 0.5) is 0 Å². The maximum Gasteiger partial charge on any atom is 0.217 e. The highest BCUT2D eigenvalue weighted by Crippen LogP contribution is 2.36. The molecule has 0 heterocycles. The molecule has 2 saturated carbocycles. The molecule has 5 heteroatoms. The van der Waals surface area contributed by atoms with Gasteiger partial charge in [0.1, 0.15) is 0 Å². The Bertz CT molecular complexity index is 352. The van der Waals surface area contributed by atoms with Gasteiger partial charge in [-0.25, -0.2) is 8.42 Å². The molecular formula is C12H24N2O2S. The van der Waals surface area contributed by atoms with Crippen molar-refractivity contribution < 1.29 is 8.42 Å². The Labute approximate surface area is 105 Å². The van der Waals surface area contributed by atoms with Gasteiger partial charge >= 0.3 is 0 Å². The van der Waals surface area contributed by atoms with Crippen LogP contribution in [0, 0.1) is 5.92 Å². The highest BCUT2D eigenvalue weighted by atomic mass is 32.2. The van der Waals surface area contributed by atoms with Crippen LogP contribution in [0.2, 0.25) is 0 Å². The van der Waals surface area contributed by atoms with Gasteiger partial charge in [0.05, 0.1) is 5.25 Å². The van der Waals surface area contributed by atoms with Crippen LogP contribution in [0.15, 0.2) is 0 Å². The molecule has 2 aliphatic rings. The molecule has 2 aliphatic carbocycles. The smallest absolute Gasteiger partial charge is 0.217 e. The van der Waals surface area contributed by atoms with Gasteiger partial charge in [-0.15, -0.1) is 0 Å². The van der Waals surface area contributed by atoms with E-state index in [1.54, 1.807) is 4.31 Å². The Hall–Kier alpha value is -0.130. The summed E-state index contributed by atoms with van der Waals surface area (Å²) in [6.45, 7) is 3.16. The third-order valence-electron chi connectivity index (χ3n) is 4.13. The molecule has 2 rings (SSSR count). The van der Waals surface area contributed by atoms with E-state index in [0.717, 1.165) is 32.1 Å². The third kappa shape index (κ3) is 2.66. The minimum atomic E-state index is -3.04. The van der Waals surface area contributed by atoms with Crippen molar-refractivity contribution in [1.29, 1.82) is 0 Å². The van der Waals surface area contributed by atoms with Gasteiger partial charge in [-0.1, -0.05) is 19.8 Å². The summed E-state index contributed by atoms with van der Waals surface area (Å²) in [5.41, 5.74) is 5.80. The van der Waals surface area contributed by atoms with Crippen LogP contribution in [-0.4, -0.2) is 37.1 Å². The first-order valence-corrected chi connectivity index (χ1v) is 8.32. The van der Waals surface area contributed by atoms with E-state index in [1.165, 1.54) is 6.42 Å². The van der Waals surface area contributed by atoms with Gasteiger partial charge in [-0.05, 0) is 38.1 Å². The van der Waals surface area contributed by atoms with Crippen LogP contribution in [0.3, 0.4) is 0 Å². The summed E-state index contributed by atoms with van der Waals surface area (Å²) in [6, 6.07) is 0.157. The summed E-state index contributed by atoms with van der Waals surface area (Å²) in [5, 5.41) is -0.0946. The average Bonchev–Trinajstić information content (AvgIpc) is 3.14. The minimum absolute atomic E-state index is 0.0946. The quantitative estimate of drug-likeness (QED) is 0.811. The fourth-order valence-electron chi connectivity index (χ4n) is 3.00. The number of sulfonamides is 1. The number of nitrogens with two attached hydrogens (primary N) is 1. The third-order valence-corrected chi connectivity index (χ3v) is 6.62. The lowest BCUT2D eigenvalue weighted by molar-refractivity contribution is 0.187. The summed E-state index contributed by atoms with van der Waals surface area (Å²) in [7, 11) is -3.04. The van der Waals surface area contributed by atoms with Gasteiger partial charge in [-0.3, -0.25) is 0 Å². The van der Waals surface area contributed by atoms with Crippen LogP contribution >= 0.6 is 0 Å². The van der Waals surface area contributed by atoms with E-state index in [2.05, 4.69) is 0 Å². The average molecular weight is 260 g/mol. The van der Waals surface area contributed by atoms with Crippen LogP contribution < -0.4 is 5.73 Å². The summed E-state index contributed by atoms with van der Waals surface area (Å²) >= 11 is 0. The first kappa shape index (κ1) is 13.3. The molecule has 0 bridgehead atoms. The predicted octanol–water partition coefficient (Wildman–Crippen LogP) is 1.32. The Kier molecular flexibility index (Phi) is 4.10. The predicted molar refractivity (Wildman–Crippen MR) is 69.1 cm³/mol. The molecule has 4 nitrogen and oxygen atoms in total. The molecule has 0 aromatic carbocycles. The van der Waals surface area contributed by atoms with E-state index < -0.39 is 10.0 Å². The lowest BCUT2D eigenvalue weighted by Gasteiger charge is -2.38. The lowest BCUT2D eigenvalue weighted by atomic mass is 9.84. The number of hydrogen-bond acceptors (Lipinski definition) is 3. The van der Waals surface area contributed by atoms with Crippen LogP contribution in [0.1, 0.15) is 45.4 Å². The molecule has 0 radical (unpaired) electrons. The zero-order chi connectivity index (χ0) is 12.5. The van der Waals surface area contributed by atoms with Crippen molar-refractivity contribution in [3.8, 4) is 0 Å². The van der Waals surface area contributed by atoms with Gasteiger partial charge in [0.25, 0.3) is 0 Å². The molecule has 2 atom stereocenters. The topological polar surface area (TPSA) is 63.4 Å². The SMILES string of the molecule is CCN(C1CCCCC1CN)S(=O)(=O)C1CC1. The van der Waals surface area contributed by atoms with E-state index in [9.17, 15) is 8.42 Å². The first-order chi connectivity index (χ1) is 8.11. The van der Waals surface area contributed by atoms with Crippen LogP contribution in [0.25, 0.3) is 0 Å². The summed E-state index contributed by atoms with van der Waals surface area (Å²) in [5.74, 6) is 0.359. The number of rotatable bonds is 5. The summed E-state index contributed by atoms with van der Waals surface area (Å²) in [6.07, 6.45) is 6.09. The van der Waals surface area contributed by atoms with E-state index in [4.69, 9.17) is 5.73 Å². The highest BCUT2D eigenvalue weighted by Gasteiger charge is 2.43. The maximum atomic E-state index is 12.4. The molecule has 100 valence electrons. The maximum absolute atomic E-state index is 12.4. The molecule has 2 N–H and O–H groups in total. The second kappa shape index (κ2) is 5.24. The Morgan fingerprint density at radius 3 is 2.35 bits per heavy atom. The molecule has 0 amide bonds. The molecule has 0 aromatic rings. The zero-order valence-corrected chi connectivity index (χ0v) is 11.5. The van der Waals surface area contributed by atoms with Crippen molar-refractivity contribution >= 4 is 10.0 Å². The van der Waals surface area contributed by atoms with E-state index >= 15 is 0 Å². The van der Waals surface area contributed by atoms with Crippen molar-refractivity contribution in [2.24, 2.45) is 11.7 Å². The van der Waals surface area contributed by atoms with Crippen molar-refractivity contribution in [2.45, 2.75) is 56.7 Å². The largest absolute Gasteiger partial charge is 0.330 e. The number of nitrogens with zero attached hydrogens (tertiary/aromatic N) is 1. The minimum Gasteiger partial charge on any atom is -0.330 e. The van der Waals surface area contributed by atoms with E-state index in [1.807, 2.05) is 6.92 Å². The van der Waals surface area contributed by atoms with Gasteiger partial charge in [0.15, 0.2) is 0 Å². The molecule has 2 fully saturated rings. The molecule has 0 aromatic heterocycles. The van der Waals surface area contributed by atoms with Gasteiger partial charge in [0, 0.05) is 12.6 Å². The Balaban J connectivity index is 2.15. The van der Waals surface area contributed by atoms with Crippen molar-refractivity contribution in [3.63, 3.8) is 0 Å². The summed E-state index contributed by atoms with van der Waals surface area (Å²) < 4.78 is 26.5. The van der Waals surface area contributed by atoms with Crippen molar-refractivity contribution in [2.75, 3.05) is 13.1 Å². The van der Waals surface area contributed by atoms with E-state index in [-0.39, 0.29) is 11.3 Å². The normalized spacial score (nSPS) is 30.8. The van der Waals surface area contributed by atoms with Crippen molar-refractivity contribution in [1.82, 2.24) is 4.31 Å². The van der Waals surface area contributed by atoms with Gasteiger partial charge < -0.3 is 5.73 Å². The Morgan fingerprint density at radius 2 is 1.82 bits per heavy atom. The first-order valence-electron chi connectivity index (χ1n) is 6.82. The second-order valence-electron chi connectivity index (χ2n) is 5.30. The monoisotopic (exact) mass is 260 g/mol. The van der Waals surface area contributed by atoms with Gasteiger partial charge in [-0.2, -0.15) is 4.31 Å². The number of hydrogen-bond donors (Lipinski definition) is 1. The molecular weight excluding hydrogens is 236 g/mol. The standard InChI is InChI=1S/C12H24N2O2S/c1-2-14(17(15,16)11-7-8-11)12-6-4-3-5-10(12)9-13/h10-12H,2-9,13H2,1H3.